The Kier molecular flexibility index (Phi) is 4.70. The summed E-state index contributed by atoms with van der Waals surface area (Å²) in [7, 11) is 0. The second-order valence-electron chi connectivity index (χ2n) is 4.80. The maximum Gasteiger partial charge on any atom is 0.276 e. The van der Waals surface area contributed by atoms with Crippen LogP contribution in [-0.2, 0) is 0 Å². The fourth-order valence-electron chi connectivity index (χ4n) is 2.36. The van der Waals surface area contributed by atoms with E-state index in [4.69, 9.17) is 5.84 Å². The number of nitrogens with zero attached hydrogens (tertiary/aromatic N) is 4. The minimum atomic E-state index is -0.431. The average Bonchev–Trinajstić information content (AvgIpc) is 2.47. The number of hydrogen-bond acceptors (Lipinski definition) is 7. The van der Waals surface area contributed by atoms with E-state index < -0.39 is 4.92 Å². The lowest BCUT2D eigenvalue weighted by Crippen LogP contribution is -2.46. The van der Waals surface area contributed by atoms with Gasteiger partial charge in [0.15, 0.2) is 0 Å². The Labute approximate surface area is 117 Å². The van der Waals surface area contributed by atoms with Crippen molar-refractivity contribution < 1.29 is 4.92 Å². The number of nitro groups is 1. The molecule has 1 fully saturated rings. The molecule has 0 amide bonds. The van der Waals surface area contributed by atoms with Crippen molar-refractivity contribution in [2.75, 3.05) is 43.0 Å². The Morgan fingerprint density at radius 2 is 2.10 bits per heavy atom. The number of piperazine rings is 1. The predicted octanol–water partition coefficient (Wildman–Crippen LogP) is 0.807. The van der Waals surface area contributed by atoms with Gasteiger partial charge >= 0.3 is 0 Å². The smallest absolute Gasteiger partial charge is 0.276 e. The van der Waals surface area contributed by atoms with Gasteiger partial charge in [0.1, 0.15) is 11.6 Å². The molecule has 1 aliphatic heterocycles. The lowest BCUT2D eigenvalue weighted by atomic mass is 10.2. The molecule has 0 radical (unpaired) electrons. The molecule has 2 heterocycles. The highest BCUT2D eigenvalue weighted by molar-refractivity contribution is 5.55. The number of aromatic nitrogens is 1. The van der Waals surface area contributed by atoms with Gasteiger partial charge in [-0.2, -0.15) is 0 Å². The van der Waals surface area contributed by atoms with Gasteiger partial charge in [0, 0.05) is 26.2 Å². The van der Waals surface area contributed by atoms with Crippen molar-refractivity contribution in [3.63, 3.8) is 0 Å². The zero-order valence-electron chi connectivity index (χ0n) is 11.6. The highest BCUT2D eigenvalue weighted by Gasteiger charge is 2.20. The van der Waals surface area contributed by atoms with Crippen molar-refractivity contribution in [1.82, 2.24) is 9.88 Å². The van der Waals surface area contributed by atoms with Crippen LogP contribution in [0.15, 0.2) is 12.1 Å². The first-order chi connectivity index (χ1) is 9.63. The molecule has 0 bridgehead atoms. The van der Waals surface area contributed by atoms with Gasteiger partial charge in [-0.15, -0.1) is 0 Å². The second kappa shape index (κ2) is 6.49. The molecule has 1 saturated heterocycles. The van der Waals surface area contributed by atoms with E-state index in [1.807, 2.05) is 0 Å². The summed E-state index contributed by atoms with van der Waals surface area (Å²) in [5, 5.41) is 10.9. The summed E-state index contributed by atoms with van der Waals surface area (Å²) >= 11 is 0. The molecule has 0 aliphatic carbocycles. The van der Waals surface area contributed by atoms with E-state index >= 15 is 0 Å². The highest BCUT2D eigenvalue weighted by atomic mass is 16.6. The normalized spacial score (nSPS) is 16.2. The van der Waals surface area contributed by atoms with Crippen LogP contribution in [0.1, 0.15) is 13.3 Å². The third-order valence-corrected chi connectivity index (χ3v) is 3.39. The number of hydrogen-bond donors (Lipinski definition) is 2. The molecular formula is C12H20N6O2. The number of nitrogen functional groups attached to an aromatic ring is 1. The van der Waals surface area contributed by atoms with Crippen LogP contribution in [0.3, 0.4) is 0 Å². The Morgan fingerprint density at radius 1 is 1.40 bits per heavy atom. The van der Waals surface area contributed by atoms with E-state index in [1.165, 1.54) is 12.1 Å². The largest absolute Gasteiger partial charge is 0.354 e. The molecule has 1 aliphatic rings. The van der Waals surface area contributed by atoms with E-state index in [0.717, 1.165) is 39.1 Å². The number of hydrazine groups is 1. The minimum Gasteiger partial charge on any atom is -0.354 e. The number of pyridine rings is 1. The monoisotopic (exact) mass is 280 g/mol. The average molecular weight is 280 g/mol. The lowest BCUT2D eigenvalue weighted by molar-refractivity contribution is -0.384. The van der Waals surface area contributed by atoms with Crippen LogP contribution in [0.5, 0.6) is 0 Å². The first-order valence-corrected chi connectivity index (χ1v) is 6.74. The number of nitrogens with one attached hydrogen (secondary N) is 1. The molecule has 20 heavy (non-hydrogen) atoms. The van der Waals surface area contributed by atoms with Gasteiger partial charge < -0.3 is 10.3 Å². The van der Waals surface area contributed by atoms with E-state index in [2.05, 4.69) is 27.1 Å². The van der Waals surface area contributed by atoms with E-state index in [1.54, 1.807) is 0 Å². The molecule has 1 aromatic heterocycles. The summed E-state index contributed by atoms with van der Waals surface area (Å²) in [6, 6.07) is 2.83. The van der Waals surface area contributed by atoms with Crippen LogP contribution >= 0.6 is 0 Å². The third-order valence-electron chi connectivity index (χ3n) is 3.39. The summed E-state index contributed by atoms with van der Waals surface area (Å²) < 4.78 is 0. The topological polar surface area (TPSA) is 101 Å². The molecule has 2 rings (SSSR count). The van der Waals surface area contributed by atoms with Crippen LogP contribution < -0.4 is 16.2 Å². The quantitative estimate of drug-likeness (QED) is 0.467. The van der Waals surface area contributed by atoms with Gasteiger partial charge in [0.05, 0.1) is 17.1 Å². The van der Waals surface area contributed by atoms with Crippen molar-refractivity contribution in [1.29, 1.82) is 0 Å². The standard InChI is InChI=1S/C12H20N6O2/c1-2-3-16-4-6-17(7-5-16)12-9-10(18(19)20)8-11(14-12)15-13/h8-9H,2-7,13H2,1H3,(H,14,15). The number of nitrogens with two attached hydrogens (primary N) is 1. The summed E-state index contributed by atoms with van der Waals surface area (Å²) in [6.07, 6.45) is 1.14. The lowest BCUT2D eigenvalue weighted by Gasteiger charge is -2.35. The molecular weight excluding hydrogens is 260 g/mol. The molecule has 8 nitrogen and oxygen atoms in total. The fraction of sp³-hybridized carbons (Fsp3) is 0.583. The van der Waals surface area contributed by atoms with Gasteiger partial charge in [-0.05, 0) is 13.0 Å². The molecule has 0 aromatic carbocycles. The molecule has 0 atom stereocenters. The van der Waals surface area contributed by atoms with Gasteiger partial charge in [0.2, 0.25) is 0 Å². The molecule has 0 saturated carbocycles. The molecule has 0 spiro atoms. The summed E-state index contributed by atoms with van der Waals surface area (Å²) in [4.78, 5) is 19.2. The molecule has 3 N–H and O–H groups in total. The van der Waals surface area contributed by atoms with Crippen molar-refractivity contribution in [3.8, 4) is 0 Å². The van der Waals surface area contributed by atoms with E-state index in [9.17, 15) is 10.1 Å². The van der Waals surface area contributed by atoms with Crippen molar-refractivity contribution in [2.24, 2.45) is 5.84 Å². The summed E-state index contributed by atoms with van der Waals surface area (Å²) in [6.45, 7) is 6.78. The molecule has 110 valence electrons. The van der Waals surface area contributed by atoms with Gasteiger partial charge in [-0.1, -0.05) is 6.92 Å². The number of anilines is 2. The van der Waals surface area contributed by atoms with Crippen molar-refractivity contribution in [2.45, 2.75) is 13.3 Å². The minimum absolute atomic E-state index is 0.000984. The van der Waals surface area contributed by atoms with Crippen LogP contribution in [0, 0.1) is 10.1 Å². The first-order valence-electron chi connectivity index (χ1n) is 6.74. The zero-order chi connectivity index (χ0) is 14.5. The maximum atomic E-state index is 10.9. The van der Waals surface area contributed by atoms with Gasteiger partial charge in [-0.25, -0.2) is 10.8 Å². The second-order valence-corrected chi connectivity index (χ2v) is 4.80. The van der Waals surface area contributed by atoms with Crippen molar-refractivity contribution >= 4 is 17.3 Å². The van der Waals surface area contributed by atoms with Crippen LogP contribution in [0.4, 0.5) is 17.3 Å². The fourth-order valence-corrected chi connectivity index (χ4v) is 2.36. The van der Waals surface area contributed by atoms with Crippen LogP contribution in [-0.4, -0.2) is 47.5 Å². The Balaban J connectivity index is 2.12. The third kappa shape index (κ3) is 3.34. The summed E-state index contributed by atoms with van der Waals surface area (Å²) in [5.74, 6) is 6.23. The Hall–Kier alpha value is -1.93. The summed E-state index contributed by atoms with van der Waals surface area (Å²) in [5.41, 5.74) is 2.38. The van der Waals surface area contributed by atoms with Gasteiger partial charge in [-0.3, -0.25) is 15.0 Å². The Morgan fingerprint density at radius 3 is 2.65 bits per heavy atom. The molecule has 0 unspecified atom stereocenters. The van der Waals surface area contributed by atoms with Crippen LogP contribution in [0.2, 0.25) is 0 Å². The van der Waals surface area contributed by atoms with E-state index in [-0.39, 0.29) is 5.69 Å². The molecule has 8 heteroatoms. The highest BCUT2D eigenvalue weighted by Crippen LogP contribution is 2.23. The maximum absolute atomic E-state index is 10.9. The Bertz CT molecular complexity index is 473. The van der Waals surface area contributed by atoms with Gasteiger partial charge in [0.25, 0.3) is 5.69 Å². The van der Waals surface area contributed by atoms with E-state index in [0.29, 0.717) is 11.6 Å². The van der Waals surface area contributed by atoms with Crippen LogP contribution in [0.25, 0.3) is 0 Å². The van der Waals surface area contributed by atoms with Crippen molar-refractivity contribution in [3.05, 3.63) is 22.2 Å². The SMILES string of the molecule is CCCN1CCN(c2cc([N+](=O)[O-])cc(NN)n2)CC1. The zero-order valence-corrected chi connectivity index (χ0v) is 11.6. The predicted molar refractivity (Wildman–Crippen MR) is 77.6 cm³/mol. The number of rotatable bonds is 5. The first kappa shape index (κ1) is 14.5. The molecule has 1 aromatic rings.